The summed E-state index contributed by atoms with van der Waals surface area (Å²) in [5.41, 5.74) is 0.253. The van der Waals surface area contributed by atoms with Crippen LogP contribution in [-0.2, 0) is 4.74 Å². The molecule has 122 valence electrons. The van der Waals surface area contributed by atoms with Gasteiger partial charge in [0.05, 0.1) is 0 Å². The number of hydrogen-bond acceptors (Lipinski definition) is 3. The van der Waals surface area contributed by atoms with Crippen molar-refractivity contribution in [1.82, 2.24) is 5.32 Å². The van der Waals surface area contributed by atoms with Gasteiger partial charge in [0.2, 0.25) is 0 Å². The van der Waals surface area contributed by atoms with Gasteiger partial charge in [0.15, 0.2) is 11.6 Å². The number of benzene rings is 2. The Morgan fingerprint density at radius 3 is 2.61 bits per heavy atom. The van der Waals surface area contributed by atoms with E-state index in [9.17, 15) is 9.18 Å². The molecule has 1 N–H and O–H groups in total. The number of carbonyl (C=O) groups excluding carboxylic acids is 1. The van der Waals surface area contributed by atoms with Gasteiger partial charge in [0, 0.05) is 30.3 Å². The van der Waals surface area contributed by atoms with Crippen LogP contribution >= 0.6 is 15.9 Å². The summed E-state index contributed by atoms with van der Waals surface area (Å²) in [5, 5.41) is 2.70. The van der Waals surface area contributed by atoms with Crippen molar-refractivity contribution >= 4 is 21.8 Å². The Hall–Kier alpha value is -1.92. The van der Waals surface area contributed by atoms with Gasteiger partial charge in [-0.3, -0.25) is 4.79 Å². The molecule has 2 rings (SSSR count). The Labute approximate surface area is 142 Å². The molecule has 2 aromatic rings. The van der Waals surface area contributed by atoms with Crippen molar-refractivity contribution in [2.45, 2.75) is 6.42 Å². The number of halogens is 2. The predicted octanol–water partition coefficient (Wildman–Crippen LogP) is 4.15. The molecule has 0 radical (unpaired) electrons. The lowest BCUT2D eigenvalue weighted by molar-refractivity contribution is 0.0948. The van der Waals surface area contributed by atoms with Crippen LogP contribution in [0.2, 0.25) is 0 Å². The Kier molecular flexibility index (Phi) is 6.55. The Morgan fingerprint density at radius 2 is 1.96 bits per heavy atom. The van der Waals surface area contributed by atoms with Crippen LogP contribution in [0.15, 0.2) is 46.9 Å². The molecule has 0 spiro atoms. The van der Waals surface area contributed by atoms with Crippen molar-refractivity contribution in [1.29, 1.82) is 0 Å². The molecule has 0 saturated heterocycles. The predicted molar refractivity (Wildman–Crippen MR) is 89.4 cm³/mol. The minimum Gasteiger partial charge on any atom is -0.454 e. The lowest BCUT2D eigenvalue weighted by Crippen LogP contribution is -2.25. The third-order valence-corrected chi connectivity index (χ3v) is 3.57. The summed E-state index contributed by atoms with van der Waals surface area (Å²) in [4.78, 5) is 11.9. The summed E-state index contributed by atoms with van der Waals surface area (Å²) < 4.78 is 25.4. The van der Waals surface area contributed by atoms with E-state index >= 15 is 0 Å². The van der Waals surface area contributed by atoms with E-state index in [0.717, 1.165) is 4.47 Å². The first kappa shape index (κ1) is 17.4. The number of methoxy groups -OCH3 is 1. The van der Waals surface area contributed by atoms with Gasteiger partial charge in [-0.25, -0.2) is 4.39 Å². The van der Waals surface area contributed by atoms with E-state index < -0.39 is 5.82 Å². The second-order valence-corrected chi connectivity index (χ2v) is 5.72. The standard InChI is InChI=1S/C17H17BrFNO3/c1-22-10-2-9-20-17(21)12-3-8-16(15(19)11-12)23-14-6-4-13(18)5-7-14/h3-8,11H,2,9-10H2,1H3,(H,20,21). The summed E-state index contributed by atoms with van der Waals surface area (Å²) in [6.45, 7) is 1.04. The summed E-state index contributed by atoms with van der Waals surface area (Å²) in [5.74, 6) is -0.320. The van der Waals surface area contributed by atoms with Gasteiger partial charge in [-0.15, -0.1) is 0 Å². The van der Waals surface area contributed by atoms with Crippen molar-refractivity contribution in [2.75, 3.05) is 20.3 Å². The van der Waals surface area contributed by atoms with Crippen LogP contribution in [0, 0.1) is 5.82 Å². The van der Waals surface area contributed by atoms with Crippen LogP contribution in [0.4, 0.5) is 4.39 Å². The van der Waals surface area contributed by atoms with Crippen LogP contribution < -0.4 is 10.1 Å². The van der Waals surface area contributed by atoms with Crippen molar-refractivity contribution in [2.24, 2.45) is 0 Å². The molecule has 6 heteroatoms. The molecule has 0 aliphatic heterocycles. The van der Waals surface area contributed by atoms with E-state index in [1.165, 1.54) is 18.2 Å². The van der Waals surface area contributed by atoms with E-state index in [2.05, 4.69) is 21.2 Å². The first-order valence-electron chi connectivity index (χ1n) is 7.10. The summed E-state index contributed by atoms with van der Waals surface area (Å²) in [7, 11) is 1.60. The van der Waals surface area contributed by atoms with Gasteiger partial charge in [-0.2, -0.15) is 0 Å². The number of amides is 1. The molecule has 0 unspecified atom stereocenters. The topological polar surface area (TPSA) is 47.6 Å². The van der Waals surface area contributed by atoms with Crippen LogP contribution in [0.1, 0.15) is 16.8 Å². The first-order chi connectivity index (χ1) is 11.1. The largest absolute Gasteiger partial charge is 0.454 e. The smallest absolute Gasteiger partial charge is 0.251 e. The minimum absolute atomic E-state index is 0.0725. The highest BCUT2D eigenvalue weighted by Gasteiger charge is 2.11. The number of rotatable bonds is 7. The molecule has 0 atom stereocenters. The maximum absolute atomic E-state index is 14.1. The van der Waals surface area contributed by atoms with Crippen LogP contribution in [0.25, 0.3) is 0 Å². The van der Waals surface area contributed by atoms with Crippen molar-refractivity contribution in [3.63, 3.8) is 0 Å². The Morgan fingerprint density at radius 1 is 1.22 bits per heavy atom. The van der Waals surface area contributed by atoms with Gasteiger partial charge in [-0.1, -0.05) is 15.9 Å². The SMILES string of the molecule is COCCCNC(=O)c1ccc(Oc2ccc(Br)cc2)c(F)c1. The van der Waals surface area contributed by atoms with Gasteiger partial charge < -0.3 is 14.8 Å². The lowest BCUT2D eigenvalue weighted by atomic mass is 10.2. The molecule has 23 heavy (non-hydrogen) atoms. The third kappa shape index (κ3) is 5.33. The van der Waals surface area contributed by atoms with Crippen molar-refractivity contribution < 1.29 is 18.7 Å². The van der Waals surface area contributed by atoms with E-state index in [4.69, 9.17) is 9.47 Å². The van der Waals surface area contributed by atoms with Crippen LogP contribution in [-0.4, -0.2) is 26.2 Å². The van der Waals surface area contributed by atoms with E-state index in [1.54, 1.807) is 31.4 Å². The van der Waals surface area contributed by atoms with Gasteiger partial charge in [-0.05, 0) is 48.9 Å². The molecule has 0 aliphatic carbocycles. The minimum atomic E-state index is -0.586. The second-order valence-electron chi connectivity index (χ2n) is 4.80. The lowest BCUT2D eigenvalue weighted by Gasteiger charge is -2.09. The highest BCUT2D eigenvalue weighted by atomic mass is 79.9. The summed E-state index contributed by atoms with van der Waals surface area (Å²) >= 11 is 3.32. The summed E-state index contributed by atoms with van der Waals surface area (Å²) in [6.07, 6.45) is 0.704. The van der Waals surface area contributed by atoms with Crippen LogP contribution in [0.3, 0.4) is 0 Å². The average molecular weight is 382 g/mol. The maximum atomic E-state index is 14.1. The molecule has 0 aliphatic rings. The van der Waals surface area contributed by atoms with Crippen molar-refractivity contribution in [3.05, 3.63) is 58.3 Å². The zero-order chi connectivity index (χ0) is 16.7. The summed E-state index contributed by atoms with van der Waals surface area (Å²) in [6, 6.07) is 11.2. The first-order valence-corrected chi connectivity index (χ1v) is 7.89. The quantitative estimate of drug-likeness (QED) is 0.732. The monoisotopic (exact) mass is 381 g/mol. The number of nitrogens with one attached hydrogen (secondary N) is 1. The zero-order valence-corrected chi connectivity index (χ0v) is 14.2. The molecule has 0 heterocycles. The fourth-order valence-electron chi connectivity index (χ4n) is 1.87. The number of ether oxygens (including phenoxy) is 2. The zero-order valence-electron chi connectivity index (χ0n) is 12.6. The highest BCUT2D eigenvalue weighted by Crippen LogP contribution is 2.26. The molecule has 0 saturated carbocycles. The fourth-order valence-corrected chi connectivity index (χ4v) is 2.14. The number of hydrogen-bond donors (Lipinski definition) is 1. The molecule has 1 amide bonds. The van der Waals surface area contributed by atoms with E-state index in [0.29, 0.717) is 25.3 Å². The molecule has 0 bridgehead atoms. The second kappa shape index (κ2) is 8.64. The molecular formula is C17H17BrFNO3. The number of carbonyl (C=O) groups is 1. The normalized spacial score (nSPS) is 10.4. The average Bonchev–Trinajstić information content (AvgIpc) is 2.55. The maximum Gasteiger partial charge on any atom is 0.251 e. The van der Waals surface area contributed by atoms with E-state index in [1.807, 2.05) is 0 Å². The molecule has 2 aromatic carbocycles. The third-order valence-electron chi connectivity index (χ3n) is 3.05. The fraction of sp³-hybridized carbons (Fsp3) is 0.235. The Bertz CT molecular complexity index is 661. The molecule has 0 aromatic heterocycles. The highest BCUT2D eigenvalue weighted by molar-refractivity contribution is 9.10. The van der Waals surface area contributed by atoms with Gasteiger partial charge >= 0.3 is 0 Å². The van der Waals surface area contributed by atoms with E-state index in [-0.39, 0.29) is 17.2 Å². The van der Waals surface area contributed by atoms with Crippen molar-refractivity contribution in [3.8, 4) is 11.5 Å². The van der Waals surface area contributed by atoms with Gasteiger partial charge in [0.1, 0.15) is 5.75 Å². The molecule has 0 fully saturated rings. The molecule has 4 nitrogen and oxygen atoms in total. The van der Waals surface area contributed by atoms with Crippen LogP contribution in [0.5, 0.6) is 11.5 Å². The van der Waals surface area contributed by atoms with Gasteiger partial charge in [0.25, 0.3) is 5.91 Å². The molecular weight excluding hydrogens is 365 g/mol. The Balaban J connectivity index is 1.99.